The smallest absolute Gasteiger partial charge is 0.153 e. The number of nitrogens with zero attached hydrogens (tertiary/aromatic N) is 1. The summed E-state index contributed by atoms with van der Waals surface area (Å²) >= 11 is 6.09. The Balaban J connectivity index is 2.45. The predicted octanol–water partition coefficient (Wildman–Crippen LogP) is 3.92. The molecule has 17 heavy (non-hydrogen) atoms. The summed E-state index contributed by atoms with van der Waals surface area (Å²) in [5.41, 5.74) is 1.62. The summed E-state index contributed by atoms with van der Waals surface area (Å²) in [5.74, 6) is 0. The summed E-state index contributed by atoms with van der Waals surface area (Å²) in [5, 5.41) is 0.548. The average Bonchev–Trinajstić information content (AvgIpc) is 2.70. The molecule has 3 heteroatoms. The number of hydrogen-bond donors (Lipinski definition) is 0. The molecule has 2 atom stereocenters. The first-order chi connectivity index (χ1) is 8.19. The van der Waals surface area contributed by atoms with Crippen LogP contribution in [0.15, 0.2) is 18.2 Å². The fourth-order valence-electron chi connectivity index (χ4n) is 2.77. The predicted molar refractivity (Wildman–Crippen MR) is 72.1 cm³/mol. The van der Waals surface area contributed by atoms with Gasteiger partial charge in [0, 0.05) is 17.8 Å². The van der Waals surface area contributed by atoms with Crippen molar-refractivity contribution in [3.8, 4) is 0 Å². The Bertz CT molecular complexity index is 419. The molecule has 1 aromatic carbocycles. The van der Waals surface area contributed by atoms with Crippen molar-refractivity contribution < 1.29 is 4.79 Å². The van der Waals surface area contributed by atoms with Crippen molar-refractivity contribution in [1.82, 2.24) is 0 Å². The first-order valence-corrected chi connectivity index (χ1v) is 6.58. The summed E-state index contributed by atoms with van der Waals surface area (Å²) in [4.78, 5) is 13.6. The first-order valence-electron chi connectivity index (χ1n) is 6.21. The Morgan fingerprint density at radius 3 is 2.88 bits per heavy atom. The minimum Gasteiger partial charge on any atom is -0.365 e. The monoisotopic (exact) mass is 251 g/mol. The van der Waals surface area contributed by atoms with Gasteiger partial charge in [0.05, 0.1) is 10.6 Å². The molecular weight excluding hydrogens is 234 g/mol. The lowest BCUT2D eigenvalue weighted by Gasteiger charge is -2.31. The van der Waals surface area contributed by atoms with Crippen molar-refractivity contribution in [2.24, 2.45) is 0 Å². The third kappa shape index (κ3) is 2.19. The second kappa shape index (κ2) is 5.09. The lowest BCUT2D eigenvalue weighted by Crippen LogP contribution is -2.34. The number of benzene rings is 1. The van der Waals surface area contributed by atoms with Gasteiger partial charge in [-0.3, -0.25) is 4.79 Å². The Hall–Kier alpha value is -1.02. The van der Waals surface area contributed by atoms with Gasteiger partial charge in [0.1, 0.15) is 0 Å². The number of halogens is 1. The molecule has 2 unspecified atom stereocenters. The zero-order valence-electron chi connectivity index (χ0n) is 10.3. The number of rotatable bonds is 3. The summed E-state index contributed by atoms with van der Waals surface area (Å²) in [6.07, 6.45) is 4.36. The summed E-state index contributed by atoms with van der Waals surface area (Å²) in [6.45, 7) is 4.41. The van der Waals surface area contributed by atoms with Gasteiger partial charge in [0.15, 0.2) is 6.29 Å². The number of anilines is 1. The van der Waals surface area contributed by atoms with E-state index in [1.165, 1.54) is 12.8 Å². The molecule has 1 aliphatic rings. The zero-order valence-corrected chi connectivity index (χ0v) is 11.1. The highest BCUT2D eigenvalue weighted by molar-refractivity contribution is 6.33. The van der Waals surface area contributed by atoms with E-state index in [-0.39, 0.29) is 0 Å². The van der Waals surface area contributed by atoms with E-state index in [1.54, 1.807) is 6.07 Å². The molecule has 0 aliphatic carbocycles. The standard InChI is InChI=1S/C14H18ClNO/c1-3-11-8-7-10(2)16(11)14-6-4-5-13(15)12(14)9-17/h4-6,9-11H,3,7-8H2,1-2H3. The normalized spacial score (nSPS) is 24.1. The molecular formula is C14H18ClNO. The molecule has 1 saturated heterocycles. The van der Waals surface area contributed by atoms with E-state index in [0.717, 1.165) is 18.4 Å². The zero-order chi connectivity index (χ0) is 12.4. The first kappa shape index (κ1) is 12.4. The van der Waals surface area contributed by atoms with Crippen LogP contribution in [0.3, 0.4) is 0 Å². The lowest BCUT2D eigenvalue weighted by atomic mass is 10.1. The molecule has 1 fully saturated rings. The van der Waals surface area contributed by atoms with Gasteiger partial charge in [-0.25, -0.2) is 0 Å². The van der Waals surface area contributed by atoms with Crippen LogP contribution < -0.4 is 4.90 Å². The van der Waals surface area contributed by atoms with Gasteiger partial charge in [-0.15, -0.1) is 0 Å². The van der Waals surface area contributed by atoms with Crippen molar-refractivity contribution in [2.75, 3.05) is 4.90 Å². The van der Waals surface area contributed by atoms with Crippen LogP contribution in [-0.2, 0) is 0 Å². The van der Waals surface area contributed by atoms with Crippen LogP contribution in [0.1, 0.15) is 43.5 Å². The van der Waals surface area contributed by atoms with E-state index in [4.69, 9.17) is 11.6 Å². The molecule has 0 aromatic heterocycles. The van der Waals surface area contributed by atoms with Crippen LogP contribution in [0.5, 0.6) is 0 Å². The van der Waals surface area contributed by atoms with E-state index in [2.05, 4.69) is 18.7 Å². The summed E-state index contributed by atoms with van der Waals surface area (Å²) in [6, 6.07) is 6.71. The highest BCUT2D eigenvalue weighted by atomic mass is 35.5. The molecule has 0 radical (unpaired) electrons. The Morgan fingerprint density at radius 1 is 1.47 bits per heavy atom. The van der Waals surface area contributed by atoms with Crippen molar-refractivity contribution in [3.05, 3.63) is 28.8 Å². The Labute approximate surface area is 108 Å². The molecule has 1 heterocycles. The van der Waals surface area contributed by atoms with Crippen LogP contribution in [0, 0.1) is 0 Å². The third-order valence-corrected chi connectivity index (χ3v) is 4.01. The molecule has 0 spiro atoms. The van der Waals surface area contributed by atoms with E-state index >= 15 is 0 Å². The van der Waals surface area contributed by atoms with Crippen LogP contribution in [0.2, 0.25) is 5.02 Å². The largest absolute Gasteiger partial charge is 0.365 e. The maximum atomic E-state index is 11.2. The van der Waals surface area contributed by atoms with E-state index in [9.17, 15) is 4.79 Å². The SMILES string of the molecule is CCC1CCC(C)N1c1cccc(Cl)c1C=O. The minimum absolute atomic E-state index is 0.483. The molecule has 0 amide bonds. The number of aldehydes is 1. The topological polar surface area (TPSA) is 20.3 Å². The van der Waals surface area contributed by atoms with Gasteiger partial charge in [-0.1, -0.05) is 24.6 Å². The van der Waals surface area contributed by atoms with Crippen molar-refractivity contribution in [2.45, 2.75) is 45.2 Å². The van der Waals surface area contributed by atoms with Crippen molar-refractivity contribution in [3.63, 3.8) is 0 Å². The van der Waals surface area contributed by atoms with Gasteiger partial charge in [-0.2, -0.15) is 0 Å². The summed E-state index contributed by atoms with van der Waals surface area (Å²) < 4.78 is 0. The number of carbonyl (C=O) groups excluding carboxylic acids is 1. The molecule has 0 bridgehead atoms. The Kier molecular flexibility index (Phi) is 3.72. The second-order valence-corrected chi connectivity index (χ2v) is 5.09. The molecule has 0 saturated carbocycles. The lowest BCUT2D eigenvalue weighted by molar-refractivity contribution is 0.112. The van der Waals surface area contributed by atoms with Gasteiger partial charge >= 0.3 is 0 Å². The highest BCUT2D eigenvalue weighted by Crippen LogP contribution is 2.35. The molecule has 0 N–H and O–H groups in total. The maximum absolute atomic E-state index is 11.2. The van der Waals surface area contributed by atoms with Crippen LogP contribution >= 0.6 is 11.6 Å². The van der Waals surface area contributed by atoms with Crippen LogP contribution in [0.25, 0.3) is 0 Å². The fourth-order valence-corrected chi connectivity index (χ4v) is 2.99. The maximum Gasteiger partial charge on any atom is 0.153 e. The minimum atomic E-state index is 0.483. The van der Waals surface area contributed by atoms with E-state index < -0.39 is 0 Å². The Morgan fingerprint density at radius 2 is 2.24 bits per heavy atom. The molecule has 2 rings (SSSR count). The van der Waals surface area contributed by atoms with Gasteiger partial charge in [0.2, 0.25) is 0 Å². The molecule has 1 aliphatic heterocycles. The van der Waals surface area contributed by atoms with Crippen LogP contribution in [0.4, 0.5) is 5.69 Å². The van der Waals surface area contributed by atoms with E-state index in [1.807, 2.05) is 12.1 Å². The highest BCUT2D eigenvalue weighted by Gasteiger charge is 2.30. The van der Waals surface area contributed by atoms with Crippen LogP contribution in [-0.4, -0.2) is 18.4 Å². The molecule has 2 nitrogen and oxygen atoms in total. The fraction of sp³-hybridized carbons (Fsp3) is 0.500. The quantitative estimate of drug-likeness (QED) is 0.759. The average molecular weight is 252 g/mol. The third-order valence-electron chi connectivity index (χ3n) is 3.68. The summed E-state index contributed by atoms with van der Waals surface area (Å²) in [7, 11) is 0. The van der Waals surface area contributed by atoms with Gasteiger partial charge in [-0.05, 0) is 38.3 Å². The number of carbonyl (C=O) groups is 1. The number of hydrogen-bond acceptors (Lipinski definition) is 2. The van der Waals surface area contributed by atoms with E-state index in [0.29, 0.717) is 22.7 Å². The molecule has 1 aromatic rings. The van der Waals surface area contributed by atoms with Crippen molar-refractivity contribution in [1.29, 1.82) is 0 Å². The van der Waals surface area contributed by atoms with Gasteiger partial charge in [0.25, 0.3) is 0 Å². The molecule has 92 valence electrons. The second-order valence-electron chi connectivity index (χ2n) is 4.69. The van der Waals surface area contributed by atoms with Gasteiger partial charge < -0.3 is 4.90 Å². The van der Waals surface area contributed by atoms with Crippen molar-refractivity contribution >= 4 is 23.6 Å².